The van der Waals surface area contributed by atoms with E-state index < -0.39 is 12.0 Å². The second kappa shape index (κ2) is 17.3. The highest BCUT2D eigenvalue weighted by molar-refractivity contribution is 7.11. The summed E-state index contributed by atoms with van der Waals surface area (Å²) in [5, 5.41) is 11.1. The molecule has 1 aromatic heterocycles. The van der Waals surface area contributed by atoms with Gasteiger partial charge in [0.25, 0.3) is 0 Å². The number of rotatable bonds is 10. The van der Waals surface area contributed by atoms with E-state index in [2.05, 4.69) is 47.1 Å². The number of likely N-dealkylation sites (tertiary alicyclic amines) is 1. The standard InChI is InChI=1S/C34H44FN3O2S.3ClH/c1-22(2)32(34(39)40)37(4)29-19-27(30(20-29)26-11-8-12-28(35)18-26)21-38-15-13-25(14-16-38)33-23(3)36-31(41-33)17-24-9-6-5-7-10-24;;;/h5-12,18,22,25,27,29-30,32H,13-17,19-21H2,1-4H3,(H,39,40);3*1H/t27-,29?,30-,32-;;;/m1.../s1. The Labute approximate surface area is 284 Å². The molecule has 2 heterocycles. The number of carboxylic acids is 1. The monoisotopic (exact) mass is 685 g/mol. The molecule has 1 aliphatic carbocycles. The molecule has 1 aliphatic heterocycles. The molecular formula is C34H47Cl3FN3O2S. The van der Waals surface area contributed by atoms with Gasteiger partial charge in [0.05, 0.1) is 10.7 Å². The second-order valence-electron chi connectivity index (χ2n) is 12.5. The third kappa shape index (κ3) is 9.17. The summed E-state index contributed by atoms with van der Waals surface area (Å²) < 4.78 is 14.3. The van der Waals surface area contributed by atoms with Gasteiger partial charge in [-0.25, -0.2) is 9.37 Å². The van der Waals surface area contributed by atoms with Crippen molar-refractivity contribution in [3.05, 3.63) is 87.1 Å². The van der Waals surface area contributed by atoms with Crippen molar-refractivity contribution < 1.29 is 14.3 Å². The quantitative estimate of drug-likeness (QED) is 0.233. The van der Waals surface area contributed by atoms with Crippen LogP contribution in [-0.4, -0.2) is 64.6 Å². The number of halogens is 4. The van der Waals surface area contributed by atoms with Crippen molar-refractivity contribution in [2.75, 3.05) is 26.7 Å². The molecule has 5 nitrogen and oxygen atoms in total. The average Bonchev–Trinajstić information content (AvgIpc) is 3.52. The number of piperidine rings is 1. The third-order valence-electron chi connectivity index (χ3n) is 9.37. The number of aryl methyl sites for hydroxylation is 1. The zero-order valence-corrected chi connectivity index (χ0v) is 29.3. The number of hydrogen-bond acceptors (Lipinski definition) is 5. The third-order valence-corrected chi connectivity index (χ3v) is 10.7. The summed E-state index contributed by atoms with van der Waals surface area (Å²) in [7, 11) is 1.96. The van der Waals surface area contributed by atoms with E-state index >= 15 is 0 Å². The van der Waals surface area contributed by atoms with Crippen molar-refractivity contribution in [1.82, 2.24) is 14.8 Å². The van der Waals surface area contributed by atoms with Crippen LogP contribution in [0.4, 0.5) is 4.39 Å². The van der Waals surface area contributed by atoms with Crippen LogP contribution < -0.4 is 0 Å². The fraction of sp³-hybridized carbons (Fsp3) is 0.529. The number of hydrogen-bond donors (Lipinski definition) is 1. The summed E-state index contributed by atoms with van der Waals surface area (Å²) in [5.41, 5.74) is 3.54. The largest absolute Gasteiger partial charge is 0.480 e. The second-order valence-corrected chi connectivity index (χ2v) is 13.6. The van der Waals surface area contributed by atoms with Crippen LogP contribution >= 0.6 is 48.6 Å². The minimum absolute atomic E-state index is 0. The Morgan fingerprint density at radius 2 is 1.75 bits per heavy atom. The van der Waals surface area contributed by atoms with Crippen molar-refractivity contribution in [2.24, 2.45) is 11.8 Å². The molecule has 244 valence electrons. The molecule has 1 N–H and O–H groups in total. The molecule has 1 saturated carbocycles. The van der Waals surface area contributed by atoms with E-state index in [0.29, 0.717) is 11.8 Å². The highest BCUT2D eigenvalue weighted by Crippen LogP contribution is 2.44. The van der Waals surface area contributed by atoms with Gasteiger partial charge in [-0.2, -0.15) is 0 Å². The number of thiazole rings is 1. The van der Waals surface area contributed by atoms with Gasteiger partial charge in [-0.3, -0.25) is 9.69 Å². The highest BCUT2D eigenvalue weighted by Gasteiger charge is 2.42. The molecule has 1 unspecified atom stereocenters. The van der Waals surface area contributed by atoms with Crippen LogP contribution in [0, 0.1) is 24.6 Å². The van der Waals surface area contributed by atoms with Gasteiger partial charge < -0.3 is 10.0 Å². The van der Waals surface area contributed by atoms with E-state index in [9.17, 15) is 14.3 Å². The molecule has 0 amide bonds. The molecule has 5 rings (SSSR count). The molecular weight excluding hydrogens is 640 g/mol. The fourth-order valence-corrected chi connectivity index (χ4v) is 8.60. The molecule has 0 bridgehead atoms. The lowest BCUT2D eigenvalue weighted by atomic mass is 9.87. The van der Waals surface area contributed by atoms with Crippen LogP contribution in [0.25, 0.3) is 0 Å². The maximum Gasteiger partial charge on any atom is 0.321 e. The molecule has 2 aliphatic rings. The van der Waals surface area contributed by atoms with Gasteiger partial charge in [0, 0.05) is 23.9 Å². The van der Waals surface area contributed by atoms with Crippen molar-refractivity contribution in [2.45, 2.75) is 76.8 Å². The van der Waals surface area contributed by atoms with Gasteiger partial charge in [-0.15, -0.1) is 48.6 Å². The molecule has 44 heavy (non-hydrogen) atoms. The van der Waals surface area contributed by atoms with Gasteiger partial charge in [0.2, 0.25) is 0 Å². The molecule has 4 atom stereocenters. The SMILES string of the molecule is Cc1nc(Cc2ccccc2)sc1C1CCN(C[C@H]2CC(N(C)[C@@H](C(=O)O)C(C)C)C[C@@H]2c2cccc(F)c2)CC1.Cl.Cl.Cl. The van der Waals surface area contributed by atoms with Crippen LogP contribution in [0.2, 0.25) is 0 Å². The van der Waals surface area contributed by atoms with Crippen molar-refractivity contribution in [3.63, 3.8) is 0 Å². The molecule has 10 heteroatoms. The van der Waals surface area contributed by atoms with Crippen LogP contribution in [0.5, 0.6) is 0 Å². The van der Waals surface area contributed by atoms with E-state index in [0.717, 1.165) is 57.3 Å². The zero-order chi connectivity index (χ0) is 29.1. The minimum atomic E-state index is -0.763. The van der Waals surface area contributed by atoms with Crippen LogP contribution in [0.1, 0.15) is 78.1 Å². The van der Waals surface area contributed by atoms with Crippen molar-refractivity contribution in [3.8, 4) is 0 Å². The van der Waals surface area contributed by atoms with Crippen LogP contribution in [-0.2, 0) is 11.2 Å². The lowest BCUT2D eigenvalue weighted by Gasteiger charge is -2.35. The summed E-state index contributed by atoms with van der Waals surface area (Å²) in [5.74, 6) is 0.201. The molecule has 2 fully saturated rings. The summed E-state index contributed by atoms with van der Waals surface area (Å²) in [6, 6.07) is 17.3. The first kappa shape index (κ1) is 38.4. The fourth-order valence-electron chi connectivity index (χ4n) is 7.33. The number of aromatic nitrogens is 1. The smallest absolute Gasteiger partial charge is 0.321 e. The summed E-state index contributed by atoms with van der Waals surface area (Å²) >= 11 is 1.89. The number of aliphatic carboxylic acids is 1. The number of benzene rings is 2. The van der Waals surface area contributed by atoms with E-state index in [4.69, 9.17) is 4.98 Å². The Bertz CT molecular complexity index is 1320. The summed E-state index contributed by atoms with van der Waals surface area (Å²) in [4.78, 5) is 23.1. The van der Waals surface area contributed by atoms with E-state index in [-0.39, 0.29) is 60.9 Å². The molecule has 0 spiro atoms. The predicted octanol–water partition coefficient (Wildman–Crippen LogP) is 8.23. The lowest BCUT2D eigenvalue weighted by Crippen LogP contribution is -2.47. The number of nitrogens with zero attached hydrogens (tertiary/aromatic N) is 3. The van der Waals surface area contributed by atoms with E-state index in [1.54, 1.807) is 6.07 Å². The normalized spacial score (nSPS) is 21.4. The Morgan fingerprint density at radius 3 is 2.36 bits per heavy atom. The number of carbonyl (C=O) groups is 1. The zero-order valence-electron chi connectivity index (χ0n) is 26.0. The van der Waals surface area contributed by atoms with Crippen LogP contribution in [0.3, 0.4) is 0 Å². The summed E-state index contributed by atoms with van der Waals surface area (Å²) in [6.07, 6.45) is 4.95. The molecule has 1 saturated heterocycles. The van der Waals surface area contributed by atoms with Crippen molar-refractivity contribution >= 4 is 54.5 Å². The Kier molecular flexibility index (Phi) is 15.1. The van der Waals surface area contributed by atoms with E-state index in [1.807, 2.05) is 44.4 Å². The Balaban J connectivity index is 0.00000225. The van der Waals surface area contributed by atoms with Crippen LogP contribution in [0.15, 0.2) is 54.6 Å². The highest BCUT2D eigenvalue weighted by atomic mass is 35.5. The molecule has 3 aromatic rings. The van der Waals surface area contributed by atoms with Gasteiger partial charge in [-0.05, 0) is 99.7 Å². The first-order chi connectivity index (χ1) is 19.7. The van der Waals surface area contributed by atoms with Gasteiger partial charge in [-0.1, -0.05) is 56.3 Å². The Hall–Kier alpha value is -1.74. The maximum atomic E-state index is 14.3. The first-order valence-corrected chi connectivity index (χ1v) is 15.9. The number of likely N-dealkylation sites (N-methyl/N-ethyl adjacent to an activating group) is 1. The van der Waals surface area contributed by atoms with Crippen molar-refractivity contribution in [1.29, 1.82) is 0 Å². The first-order valence-electron chi connectivity index (χ1n) is 15.1. The predicted molar refractivity (Wildman–Crippen MR) is 186 cm³/mol. The Morgan fingerprint density at radius 1 is 1.07 bits per heavy atom. The number of carboxylic acid groups (broad SMARTS) is 1. The van der Waals surface area contributed by atoms with E-state index in [1.165, 1.54) is 27.2 Å². The topological polar surface area (TPSA) is 56.7 Å². The van der Waals surface area contributed by atoms with Gasteiger partial charge in [0.15, 0.2) is 0 Å². The lowest BCUT2D eigenvalue weighted by molar-refractivity contribution is -0.145. The summed E-state index contributed by atoms with van der Waals surface area (Å²) in [6.45, 7) is 9.18. The minimum Gasteiger partial charge on any atom is -0.480 e. The van der Waals surface area contributed by atoms with Gasteiger partial charge in [0.1, 0.15) is 11.9 Å². The van der Waals surface area contributed by atoms with Gasteiger partial charge >= 0.3 is 5.97 Å². The molecule has 0 radical (unpaired) electrons. The molecule has 2 aromatic carbocycles. The maximum absolute atomic E-state index is 14.3. The average molecular weight is 687 g/mol.